The Morgan fingerprint density at radius 3 is 2.72 bits per heavy atom. The topological polar surface area (TPSA) is 95.0 Å². The van der Waals surface area contributed by atoms with Crippen LogP contribution in [0, 0.1) is 6.92 Å². The molecule has 2 atom stereocenters. The van der Waals surface area contributed by atoms with Crippen molar-refractivity contribution in [2.75, 3.05) is 32.8 Å². The third-order valence-corrected chi connectivity index (χ3v) is 8.32. The Morgan fingerprint density at radius 1 is 1.10 bits per heavy atom. The normalized spacial score (nSPS) is 18.1. The minimum Gasteiger partial charge on any atom is -0.491 e. The monoisotopic (exact) mass is 542 g/mol. The predicted molar refractivity (Wildman–Crippen MR) is 151 cm³/mol. The Bertz CT molecular complexity index is 1570. The summed E-state index contributed by atoms with van der Waals surface area (Å²) in [5.74, 6) is 0.503. The van der Waals surface area contributed by atoms with E-state index in [0.29, 0.717) is 48.6 Å². The third kappa shape index (κ3) is 5.18. The van der Waals surface area contributed by atoms with Gasteiger partial charge in [-0.3, -0.25) is 19.9 Å². The van der Waals surface area contributed by atoms with E-state index in [4.69, 9.17) is 4.74 Å². The maximum Gasteiger partial charge on any atom is 0.265 e. The standard InChI is InChI=1S/C30H30N4O4S/c1-18-15-34(32-30(37)20-7-9-25-26(13-20)23-5-3-4-6-24(23)29(25)36)12-11-33(18)16-21(35)17-38-22-8-10-28-27(14-22)31-19(2)39-28/h3-10,13-14,18,21,35H,11-12,15-17H2,1-2H3,(H,32,37)/t18-,21+/m0/s1. The molecule has 1 aliphatic carbocycles. The molecule has 0 unspecified atom stereocenters. The fourth-order valence-electron chi connectivity index (χ4n) is 5.37. The minimum absolute atomic E-state index is 0.000661. The van der Waals surface area contributed by atoms with Crippen LogP contribution in [0.1, 0.15) is 38.2 Å². The average Bonchev–Trinajstić information content (AvgIpc) is 3.45. The summed E-state index contributed by atoms with van der Waals surface area (Å²) in [6.07, 6.45) is -0.640. The van der Waals surface area contributed by atoms with E-state index in [9.17, 15) is 14.7 Å². The number of hydrogen-bond donors (Lipinski definition) is 2. The van der Waals surface area contributed by atoms with Crippen molar-refractivity contribution in [1.29, 1.82) is 0 Å². The van der Waals surface area contributed by atoms with Crippen LogP contribution < -0.4 is 10.2 Å². The van der Waals surface area contributed by atoms with Crippen LogP contribution in [-0.4, -0.2) is 76.6 Å². The van der Waals surface area contributed by atoms with Crippen LogP contribution in [0.15, 0.2) is 60.7 Å². The lowest BCUT2D eigenvalue weighted by Gasteiger charge is -2.40. The van der Waals surface area contributed by atoms with Crippen LogP contribution >= 0.6 is 11.3 Å². The number of amides is 1. The lowest BCUT2D eigenvalue weighted by atomic mass is 10.0. The molecule has 1 saturated heterocycles. The number of piperazine rings is 1. The number of carbonyl (C=O) groups excluding carboxylic acids is 2. The molecule has 3 aromatic carbocycles. The number of hydrazine groups is 1. The first-order valence-electron chi connectivity index (χ1n) is 13.1. The molecule has 0 radical (unpaired) electrons. The molecule has 4 aromatic rings. The van der Waals surface area contributed by atoms with Gasteiger partial charge in [-0.2, -0.15) is 0 Å². The molecule has 8 nitrogen and oxygen atoms in total. The second-order valence-electron chi connectivity index (χ2n) is 10.2. The van der Waals surface area contributed by atoms with Crippen molar-refractivity contribution in [3.8, 4) is 16.9 Å². The molecule has 1 aromatic heterocycles. The lowest BCUT2D eigenvalue weighted by Crippen LogP contribution is -2.58. The van der Waals surface area contributed by atoms with Crippen molar-refractivity contribution < 1.29 is 19.4 Å². The number of nitrogens with one attached hydrogen (secondary N) is 1. The number of aliphatic hydroxyl groups excluding tert-OH is 1. The maximum atomic E-state index is 13.1. The highest BCUT2D eigenvalue weighted by molar-refractivity contribution is 7.18. The summed E-state index contributed by atoms with van der Waals surface area (Å²) in [5.41, 5.74) is 7.44. The number of thiazole rings is 1. The Hall–Kier alpha value is -3.63. The molecule has 2 heterocycles. The Balaban J connectivity index is 1.01. The number of nitrogens with zero attached hydrogens (tertiary/aromatic N) is 3. The van der Waals surface area contributed by atoms with E-state index in [1.54, 1.807) is 29.5 Å². The number of fused-ring (bicyclic) bond motifs is 4. The highest BCUT2D eigenvalue weighted by atomic mass is 32.1. The summed E-state index contributed by atoms with van der Waals surface area (Å²) in [5, 5.41) is 13.6. The lowest BCUT2D eigenvalue weighted by molar-refractivity contribution is 0.00755. The largest absolute Gasteiger partial charge is 0.491 e. The van der Waals surface area contributed by atoms with Crippen molar-refractivity contribution in [3.63, 3.8) is 0 Å². The van der Waals surface area contributed by atoms with E-state index >= 15 is 0 Å². The fraction of sp³-hybridized carbons (Fsp3) is 0.300. The number of benzene rings is 3. The molecule has 0 saturated carbocycles. The first-order chi connectivity index (χ1) is 18.9. The second-order valence-corrected chi connectivity index (χ2v) is 11.4. The van der Waals surface area contributed by atoms with E-state index in [0.717, 1.165) is 26.4 Å². The number of ether oxygens (including phenoxy) is 1. The van der Waals surface area contributed by atoms with E-state index in [1.165, 1.54) is 0 Å². The van der Waals surface area contributed by atoms with E-state index < -0.39 is 6.10 Å². The van der Waals surface area contributed by atoms with Crippen LogP contribution in [-0.2, 0) is 0 Å². The minimum atomic E-state index is -0.640. The molecule has 2 aliphatic rings. The Labute approximate surface area is 230 Å². The molecule has 1 aliphatic heterocycles. The highest BCUT2D eigenvalue weighted by Gasteiger charge is 2.29. The Kier molecular flexibility index (Phi) is 6.90. The SMILES string of the molecule is Cc1nc2cc(OC[C@H](O)CN3CCN(NC(=O)c4ccc5c(c4)-c4ccccc4C5=O)C[C@@H]3C)ccc2s1. The molecule has 0 spiro atoms. The van der Waals surface area contributed by atoms with Crippen molar-refractivity contribution in [2.45, 2.75) is 26.0 Å². The van der Waals surface area contributed by atoms with Gasteiger partial charge in [0.25, 0.3) is 5.91 Å². The van der Waals surface area contributed by atoms with Gasteiger partial charge in [0.2, 0.25) is 0 Å². The number of hydrogen-bond acceptors (Lipinski definition) is 8. The number of rotatable bonds is 7. The first-order valence-corrected chi connectivity index (χ1v) is 13.9. The molecule has 9 heteroatoms. The molecule has 200 valence electrons. The summed E-state index contributed by atoms with van der Waals surface area (Å²) in [4.78, 5) is 32.4. The quantitative estimate of drug-likeness (QED) is 0.322. The average molecular weight is 543 g/mol. The smallest absolute Gasteiger partial charge is 0.265 e. The number of aromatic nitrogens is 1. The zero-order valence-electron chi connectivity index (χ0n) is 21.9. The molecule has 2 N–H and O–H groups in total. The van der Waals surface area contributed by atoms with Gasteiger partial charge in [-0.05, 0) is 55.3 Å². The molecule has 0 bridgehead atoms. The van der Waals surface area contributed by atoms with Crippen molar-refractivity contribution in [2.24, 2.45) is 0 Å². The molecular formula is C30H30N4O4S. The van der Waals surface area contributed by atoms with Gasteiger partial charge in [-0.1, -0.05) is 24.3 Å². The van der Waals surface area contributed by atoms with Crippen LogP contribution in [0.5, 0.6) is 5.75 Å². The van der Waals surface area contributed by atoms with Crippen LogP contribution in [0.4, 0.5) is 0 Å². The van der Waals surface area contributed by atoms with Crippen LogP contribution in [0.2, 0.25) is 0 Å². The zero-order valence-corrected chi connectivity index (χ0v) is 22.7. The van der Waals surface area contributed by atoms with Gasteiger partial charge >= 0.3 is 0 Å². The van der Waals surface area contributed by atoms with Gasteiger partial charge in [-0.15, -0.1) is 11.3 Å². The highest BCUT2D eigenvalue weighted by Crippen LogP contribution is 2.36. The maximum absolute atomic E-state index is 13.1. The van der Waals surface area contributed by atoms with Gasteiger partial charge in [0, 0.05) is 55.0 Å². The number of ketones is 1. The van der Waals surface area contributed by atoms with E-state index in [-0.39, 0.29) is 24.3 Å². The first kappa shape index (κ1) is 25.6. The van der Waals surface area contributed by atoms with E-state index in [2.05, 4.69) is 22.2 Å². The van der Waals surface area contributed by atoms with Gasteiger partial charge < -0.3 is 9.84 Å². The van der Waals surface area contributed by atoms with E-state index in [1.807, 2.05) is 54.4 Å². The van der Waals surface area contributed by atoms with Gasteiger partial charge in [-0.25, -0.2) is 9.99 Å². The summed E-state index contributed by atoms with van der Waals surface area (Å²) >= 11 is 1.65. The second kappa shape index (κ2) is 10.5. The number of carbonyl (C=O) groups is 2. The summed E-state index contributed by atoms with van der Waals surface area (Å²) < 4.78 is 6.97. The molecule has 39 heavy (non-hydrogen) atoms. The van der Waals surface area contributed by atoms with Gasteiger partial charge in [0.1, 0.15) is 18.5 Å². The van der Waals surface area contributed by atoms with Gasteiger partial charge in [0.05, 0.1) is 15.2 Å². The predicted octanol–water partition coefficient (Wildman–Crippen LogP) is 3.91. The fourth-order valence-corrected chi connectivity index (χ4v) is 6.18. The number of aryl methyl sites for hydroxylation is 1. The third-order valence-electron chi connectivity index (χ3n) is 7.37. The molecule has 1 fully saturated rings. The molecule has 1 amide bonds. The van der Waals surface area contributed by atoms with Crippen LogP contribution in [0.3, 0.4) is 0 Å². The zero-order chi connectivity index (χ0) is 27.1. The number of β-amino-alcohol motifs (C(OH)–C–C–N with tert-alkyl or cyclic N) is 1. The van der Waals surface area contributed by atoms with Crippen molar-refractivity contribution in [3.05, 3.63) is 82.4 Å². The molecular weight excluding hydrogens is 512 g/mol. The van der Waals surface area contributed by atoms with Crippen LogP contribution in [0.25, 0.3) is 21.3 Å². The van der Waals surface area contributed by atoms with Crippen molar-refractivity contribution in [1.82, 2.24) is 20.3 Å². The Morgan fingerprint density at radius 2 is 1.90 bits per heavy atom. The summed E-state index contributed by atoms with van der Waals surface area (Å²) in [6, 6.07) is 18.7. The summed E-state index contributed by atoms with van der Waals surface area (Å²) in [6.45, 7) is 6.72. The van der Waals surface area contributed by atoms with Gasteiger partial charge in [0.15, 0.2) is 5.78 Å². The molecule has 6 rings (SSSR count). The summed E-state index contributed by atoms with van der Waals surface area (Å²) in [7, 11) is 0. The number of aliphatic hydroxyl groups is 1. The van der Waals surface area contributed by atoms with Crippen molar-refractivity contribution >= 4 is 33.2 Å².